The monoisotopic (exact) mass is 262 g/mol. The smallest absolute Gasteiger partial charge is 0.182 e. The molecule has 2 nitrogen and oxygen atoms in total. The van der Waals surface area contributed by atoms with Crippen LogP contribution >= 0.6 is 23.4 Å². The lowest BCUT2D eigenvalue weighted by atomic mass is 10.4. The van der Waals surface area contributed by atoms with Crippen LogP contribution in [0.25, 0.3) is 0 Å². The number of thioether (sulfide) groups is 1. The van der Waals surface area contributed by atoms with Crippen molar-refractivity contribution in [3.8, 4) is 0 Å². The number of rotatable bonds is 2. The van der Waals surface area contributed by atoms with E-state index in [9.17, 15) is 8.42 Å². The molecular formula is C10H11ClO2S2. The molecule has 82 valence electrons. The van der Waals surface area contributed by atoms with Gasteiger partial charge in [0.1, 0.15) is 0 Å². The predicted octanol–water partition coefficient (Wildman–Crippen LogP) is 2.62. The third-order valence-corrected chi connectivity index (χ3v) is 6.30. The van der Waals surface area contributed by atoms with Gasteiger partial charge < -0.3 is 0 Å². The molecule has 1 fully saturated rings. The molecule has 0 amide bonds. The number of hydrogen-bond donors (Lipinski definition) is 0. The largest absolute Gasteiger partial charge is 0.223 e. The second-order valence-corrected chi connectivity index (χ2v) is 7.30. The Morgan fingerprint density at radius 3 is 2.47 bits per heavy atom. The minimum Gasteiger partial charge on any atom is -0.223 e. The van der Waals surface area contributed by atoms with Crippen LogP contribution in [0.5, 0.6) is 0 Å². The van der Waals surface area contributed by atoms with E-state index < -0.39 is 9.84 Å². The van der Waals surface area contributed by atoms with Crippen molar-refractivity contribution < 1.29 is 8.42 Å². The molecule has 1 unspecified atom stereocenters. The van der Waals surface area contributed by atoms with Gasteiger partial charge in [-0.3, -0.25) is 0 Å². The molecule has 0 radical (unpaired) electrons. The van der Waals surface area contributed by atoms with E-state index in [0.717, 1.165) is 12.2 Å². The third-order valence-electron chi connectivity index (χ3n) is 2.47. The summed E-state index contributed by atoms with van der Waals surface area (Å²) in [5.74, 6) is 1.66. The van der Waals surface area contributed by atoms with Gasteiger partial charge in [-0.05, 0) is 36.4 Å². The van der Waals surface area contributed by atoms with Gasteiger partial charge in [0.2, 0.25) is 0 Å². The summed E-state index contributed by atoms with van der Waals surface area (Å²) in [4.78, 5) is 0.388. The topological polar surface area (TPSA) is 34.1 Å². The van der Waals surface area contributed by atoms with E-state index in [4.69, 9.17) is 11.6 Å². The second-order valence-electron chi connectivity index (χ2n) is 3.48. The molecule has 0 aromatic heterocycles. The van der Waals surface area contributed by atoms with Crippen molar-refractivity contribution in [2.24, 2.45) is 0 Å². The van der Waals surface area contributed by atoms with Crippen LogP contribution < -0.4 is 0 Å². The summed E-state index contributed by atoms with van der Waals surface area (Å²) in [6.07, 6.45) is 0.760. The van der Waals surface area contributed by atoms with Crippen molar-refractivity contribution in [1.82, 2.24) is 0 Å². The Morgan fingerprint density at radius 1 is 1.27 bits per heavy atom. The zero-order valence-electron chi connectivity index (χ0n) is 8.02. The van der Waals surface area contributed by atoms with E-state index in [2.05, 4.69) is 0 Å². The first kappa shape index (κ1) is 11.3. The van der Waals surface area contributed by atoms with Crippen molar-refractivity contribution in [3.63, 3.8) is 0 Å². The molecule has 1 atom stereocenters. The van der Waals surface area contributed by atoms with Crippen LogP contribution in [0.4, 0.5) is 0 Å². The van der Waals surface area contributed by atoms with Crippen molar-refractivity contribution in [1.29, 1.82) is 0 Å². The molecule has 1 heterocycles. The fourth-order valence-electron chi connectivity index (χ4n) is 1.57. The maximum atomic E-state index is 12.1. The molecule has 1 saturated heterocycles. The zero-order chi connectivity index (χ0) is 10.9. The minimum absolute atomic E-state index is 0.219. The first-order valence-electron chi connectivity index (χ1n) is 4.68. The predicted molar refractivity (Wildman–Crippen MR) is 64.4 cm³/mol. The van der Waals surface area contributed by atoms with Crippen molar-refractivity contribution in [3.05, 3.63) is 29.3 Å². The lowest BCUT2D eigenvalue weighted by molar-refractivity contribution is 0.584. The summed E-state index contributed by atoms with van der Waals surface area (Å²) in [5, 5.41) is 0.346. The number of sulfone groups is 1. The third kappa shape index (κ3) is 2.32. The summed E-state index contributed by atoms with van der Waals surface area (Å²) < 4.78 is 24.2. The molecule has 0 spiro atoms. The Hall–Kier alpha value is -0.190. The molecule has 0 N–H and O–H groups in total. The normalized spacial score (nSPS) is 21.8. The quantitative estimate of drug-likeness (QED) is 0.822. The van der Waals surface area contributed by atoms with Crippen LogP contribution in [-0.2, 0) is 9.84 Å². The minimum atomic E-state index is -3.13. The zero-order valence-corrected chi connectivity index (χ0v) is 10.4. The van der Waals surface area contributed by atoms with E-state index in [1.165, 1.54) is 0 Å². The Balaban J connectivity index is 2.32. The van der Waals surface area contributed by atoms with Gasteiger partial charge in [0.05, 0.1) is 10.1 Å². The number of benzene rings is 1. The highest BCUT2D eigenvalue weighted by molar-refractivity contribution is 8.01. The Bertz CT molecular complexity index is 433. The van der Waals surface area contributed by atoms with E-state index in [-0.39, 0.29) is 5.25 Å². The molecule has 0 bridgehead atoms. The van der Waals surface area contributed by atoms with Gasteiger partial charge in [-0.15, -0.1) is 0 Å². The SMILES string of the molecule is O=S(=O)(c1ccc(Cl)cc1)C1CCSC1. The molecule has 5 heteroatoms. The average molecular weight is 263 g/mol. The molecular weight excluding hydrogens is 252 g/mol. The summed E-state index contributed by atoms with van der Waals surface area (Å²) in [7, 11) is -3.13. The lowest BCUT2D eigenvalue weighted by Gasteiger charge is -2.10. The van der Waals surface area contributed by atoms with Crippen LogP contribution in [0.1, 0.15) is 6.42 Å². The van der Waals surface area contributed by atoms with Gasteiger partial charge in [-0.25, -0.2) is 8.42 Å². The number of hydrogen-bond acceptors (Lipinski definition) is 3. The summed E-state index contributed by atoms with van der Waals surface area (Å²) in [6.45, 7) is 0. The van der Waals surface area contributed by atoms with Gasteiger partial charge >= 0.3 is 0 Å². The maximum Gasteiger partial charge on any atom is 0.182 e. The van der Waals surface area contributed by atoms with Crippen LogP contribution in [-0.4, -0.2) is 25.2 Å². The fraction of sp³-hybridized carbons (Fsp3) is 0.400. The fourth-order valence-corrected chi connectivity index (χ4v) is 5.23. The summed E-state index contributed by atoms with van der Waals surface area (Å²) >= 11 is 7.42. The summed E-state index contributed by atoms with van der Waals surface area (Å²) in [6, 6.07) is 6.41. The highest BCUT2D eigenvalue weighted by Gasteiger charge is 2.30. The standard InChI is InChI=1S/C10H11ClO2S2/c11-8-1-3-9(4-2-8)15(12,13)10-5-6-14-7-10/h1-4,10H,5-7H2. The molecule has 15 heavy (non-hydrogen) atoms. The maximum absolute atomic E-state index is 12.1. The molecule has 1 aromatic rings. The van der Waals surface area contributed by atoms with Gasteiger partial charge in [-0.1, -0.05) is 11.6 Å². The van der Waals surface area contributed by atoms with Gasteiger partial charge in [0, 0.05) is 10.8 Å². The highest BCUT2D eigenvalue weighted by atomic mass is 35.5. The first-order valence-corrected chi connectivity index (χ1v) is 7.76. The van der Waals surface area contributed by atoms with Crippen molar-refractivity contribution in [2.45, 2.75) is 16.6 Å². The molecule has 1 aliphatic rings. The Morgan fingerprint density at radius 2 is 1.93 bits per heavy atom. The Kier molecular flexibility index (Phi) is 3.28. The molecule has 0 aliphatic carbocycles. The number of halogens is 1. The van der Waals surface area contributed by atoms with E-state index in [1.807, 2.05) is 0 Å². The van der Waals surface area contributed by atoms with E-state index in [0.29, 0.717) is 15.7 Å². The summed E-state index contributed by atoms with van der Waals surface area (Å²) in [5.41, 5.74) is 0. The second kappa shape index (κ2) is 4.36. The lowest BCUT2D eigenvalue weighted by Crippen LogP contribution is -2.20. The van der Waals surface area contributed by atoms with E-state index in [1.54, 1.807) is 36.0 Å². The van der Waals surface area contributed by atoms with Gasteiger partial charge in [-0.2, -0.15) is 11.8 Å². The highest BCUT2D eigenvalue weighted by Crippen LogP contribution is 2.28. The molecule has 0 saturated carbocycles. The molecule has 1 aromatic carbocycles. The van der Waals surface area contributed by atoms with Crippen LogP contribution in [0.3, 0.4) is 0 Å². The van der Waals surface area contributed by atoms with Crippen LogP contribution in [0.15, 0.2) is 29.2 Å². The van der Waals surface area contributed by atoms with Crippen molar-refractivity contribution >= 4 is 33.2 Å². The van der Waals surface area contributed by atoms with Gasteiger partial charge in [0.15, 0.2) is 9.84 Å². The first-order chi connectivity index (χ1) is 7.10. The average Bonchev–Trinajstić information content (AvgIpc) is 2.71. The van der Waals surface area contributed by atoms with E-state index >= 15 is 0 Å². The molecule has 1 aliphatic heterocycles. The Labute approximate surface area is 98.9 Å². The van der Waals surface area contributed by atoms with Gasteiger partial charge in [0.25, 0.3) is 0 Å². The van der Waals surface area contributed by atoms with Crippen LogP contribution in [0, 0.1) is 0 Å². The molecule has 2 rings (SSSR count). The van der Waals surface area contributed by atoms with Crippen LogP contribution in [0.2, 0.25) is 5.02 Å². The van der Waals surface area contributed by atoms with Crippen molar-refractivity contribution in [2.75, 3.05) is 11.5 Å².